The molecule has 150 valence electrons. The molecule has 0 radical (unpaired) electrons. The van der Waals surface area contributed by atoms with Crippen molar-refractivity contribution in [3.05, 3.63) is 58.4 Å². The normalized spacial score (nSPS) is 10.4. The van der Waals surface area contributed by atoms with E-state index in [2.05, 4.69) is 4.98 Å². The molecule has 0 atom stereocenters. The molecule has 2 aromatic rings. The fraction of sp³-hybridized carbons (Fsp3) is 0.381. The average Bonchev–Trinajstić information content (AvgIpc) is 3.02. The molecule has 1 aromatic carbocycles. The van der Waals surface area contributed by atoms with Crippen LogP contribution in [-0.4, -0.2) is 36.1 Å². The summed E-state index contributed by atoms with van der Waals surface area (Å²) in [6.45, 7) is 5.66. The highest BCUT2D eigenvalue weighted by molar-refractivity contribution is 5.99. The first-order valence-electron chi connectivity index (χ1n) is 9.23. The van der Waals surface area contributed by atoms with Crippen LogP contribution < -0.4 is 0 Å². The second kappa shape index (κ2) is 10.3. The number of rotatable bonds is 9. The summed E-state index contributed by atoms with van der Waals surface area (Å²) >= 11 is 0. The SMILES string of the molecule is CCOC(=O)CCc1c(C(=O)OCC)[nH]c(C)c1C(=O)OCc1ccccc1. The van der Waals surface area contributed by atoms with Crippen molar-refractivity contribution in [2.45, 2.75) is 40.2 Å². The third-order valence-corrected chi connectivity index (χ3v) is 4.07. The van der Waals surface area contributed by atoms with E-state index in [1.54, 1.807) is 20.8 Å². The Hall–Kier alpha value is -3.09. The van der Waals surface area contributed by atoms with E-state index in [1.165, 1.54) is 0 Å². The molecule has 0 amide bonds. The quantitative estimate of drug-likeness (QED) is 0.524. The Morgan fingerprint density at radius 1 is 0.929 bits per heavy atom. The highest BCUT2D eigenvalue weighted by atomic mass is 16.5. The summed E-state index contributed by atoms with van der Waals surface area (Å²) in [5.74, 6) is -1.54. The molecule has 7 heteroatoms. The number of carbonyl (C=O) groups excluding carboxylic acids is 3. The lowest BCUT2D eigenvalue weighted by atomic mass is 10.0. The summed E-state index contributed by atoms with van der Waals surface area (Å²) in [6, 6.07) is 9.29. The number of H-pyrrole nitrogens is 1. The smallest absolute Gasteiger partial charge is 0.355 e. The number of aromatic nitrogens is 1. The van der Waals surface area contributed by atoms with Crippen molar-refractivity contribution in [1.82, 2.24) is 4.98 Å². The Labute approximate surface area is 164 Å². The fourth-order valence-corrected chi connectivity index (χ4v) is 2.84. The molecule has 0 bridgehead atoms. The Morgan fingerprint density at radius 2 is 1.61 bits per heavy atom. The lowest BCUT2D eigenvalue weighted by Gasteiger charge is -2.09. The van der Waals surface area contributed by atoms with Crippen LogP contribution in [0.1, 0.15) is 57.9 Å². The predicted molar refractivity (Wildman–Crippen MR) is 102 cm³/mol. The standard InChI is InChI=1S/C21H25NO6/c1-4-26-17(23)12-11-16-18(14(3)22-19(16)21(25)27-5-2)20(24)28-13-15-9-7-6-8-10-15/h6-10,22H,4-5,11-13H2,1-3H3. The predicted octanol–water partition coefficient (Wildman–Crippen LogP) is 3.35. The first-order valence-corrected chi connectivity index (χ1v) is 9.23. The molecule has 0 aliphatic carbocycles. The van der Waals surface area contributed by atoms with Gasteiger partial charge in [0.25, 0.3) is 0 Å². The maximum absolute atomic E-state index is 12.7. The van der Waals surface area contributed by atoms with Gasteiger partial charge in [-0.3, -0.25) is 4.79 Å². The highest BCUT2D eigenvalue weighted by Crippen LogP contribution is 2.23. The molecule has 0 fully saturated rings. The Balaban J connectivity index is 2.25. The van der Waals surface area contributed by atoms with Crippen LogP contribution >= 0.6 is 0 Å². The minimum absolute atomic E-state index is 0.0382. The molecule has 1 N–H and O–H groups in total. The van der Waals surface area contributed by atoms with Gasteiger partial charge in [0.05, 0.1) is 18.8 Å². The van der Waals surface area contributed by atoms with Crippen LogP contribution in [0.5, 0.6) is 0 Å². The molecule has 0 spiro atoms. The van der Waals surface area contributed by atoms with Crippen molar-refractivity contribution >= 4 is 17.9 Å². The molecule has 7 nitrogen and oxygen atoms in total. The number of esters is 3. The Morgan fingerprint density at radius 3 is 2.25 bits per heavy atom. The number of carbonyl (C=O) groups is 3. The van der Waals surface area contributed by atoms with Gasteiger partial charge in [-0.2, -0.15) is 0 Å². The van der Waals surface area contributed by atoms with E-state index in [9.17, 15) is 14.4 Å². The maximum atomic E-state index is 12.7. The average molecular weight is 387 g/mol. The minimum atomic E-state index is -0.577. The van der Waals surface area contributed by atoms with Crippen molar-refractivity contribution in [2.24, 2.45) is 0 Å². The van der Waals surface area contributed by atoms with E-state index >= 15 is 0 Å². The van der Waals surface area contributed by atoms with Gasteiger partial charge in [-0.05, 0) is 38.3 Å². The van der Waals surface area contributed by atoms with E-state index in [0.29, 0.717) is 11.3 Å². The summed E-state index contributed by atoms with van der Waals surface area (Å²) in [5.41, 5.74) is 2.16. The Kier molecular flexibility index (Phi) is 7.80. The number of aromatic amines is 1. The molecular weight excluding hydrogens is 362 g/mol. The van der Waals surface area contributed by atoms with Crippen molar-refractivity contribution in [2.75, 3.05) is 13.2 Å². The van der Waals surface area contributed by atoms with Gasteiger partial charge in [-0.1, -0.05) is 30.3 Å². The van der Waals surface area contributed by atoms with Gasteiger partial charge in [0.2, 0.25) is 0 Å². The van der Waals surface area contributed by atoms with Gasteiger partial charge in [0.15, 0.2) is 0 Å². The van der Waals surface area contributed by atoms with Crippen LogP contribution in [0.15, 0.2) is 30.3 Å². The van der Waals surface area contributed by atoms with Gasteiger partial charge in [0.1, 0.15) is 12.3 Å². The van der Waals surface area contributed by atoms with Crippen molar-refractivity contribution in [3.63, 3.8) is 0 Å². The molecule has 1 aromatic heterocycles. The van der Waals surface area contributed by atoms with Gasteiger partial charge in [-0.25, -0.2) is 9.59 Å². The minimum Gasteiger partial charge on any atom is -0.466 e. The highest BCUT2D eigenvalue weighted by Gasteiger charge is 2.27. The number of nitrogens with one attached hydrogen (secondary N) is 1. The van der Waals surface area contributed by atoms with Crippen molar-refractivity contribution in [3.8, 4) is 0 Å². The third-order valence-electron chi connectivity index (χ3n) is 4.07. The van der Waals surface area contributed by atoms with E-state index in [-0.39, 0.29) is 43.9 Å². The van der Waals surface area contributed by atoms with Gasteiger partial charge < -0.3 is 19.2 Å². The van der Waals surface area contributed by atoms with Crippen LogP contribution in [0.2, 0.25) is 0 Å². The zero-order valence-electron chi connectivity index (χ0n) is 16.4. The zero-order valence-corrected chi connectivity index (χ0v) is 16.4. The van der Waals surface area contributed by atoms with E-state index in [0.717, 1.165) is 5.56 Å². The Bertz CT molecular complexity index is 825. The van der Waals surface area contributed by atoms with Crippen LogP contribution in [-0.2, 0) is 32.0 Å². The molecule has 0 saturated carbocycles. The van der Waals surface area contributed by atoms with Gasteiger partial charge in [-0.15, -0.1) is 0 Å². The number of benzene rings is 1. The molecule has 0 aliphatic heterocycles. The molecule has 28 heavy (non-hydrogen) atoms. The summed E-state index contributed by atoms with van der Waals surface area (Å²) in [6.07, 6.45) is 0.198. The van der Waals surface area contributed by atoms with Crippen LogP contribution in [0.25, 0.3) is 0 Å². The van der Waals surface area contributed by atoms with Crippen molar-refractivity contribution in [1.29, 1.82) is 0 Å². The summed E-state index contributed by atoms with van der Waals surface area (Å²) in [5, 5.41) is 0. The second-order valence-corrected chi connectivity index (χ2v) is 6.07. The van der Waals surface area contributed by atoms with Gasteiger partial charge >= 0.3 is 17.9 Å². The van der Waals surface area contributed by atoms with Crippen LogP contribution in [0, 0.1) is 6.92 Å². The summed E-state index contributed by atoms with van der Waals surface area (Å²) in [4.78, 5) is 39.7. The van der Waals surface area contributed by atoms with E-state index in [4.69, 9.17) is 14.2 Å². The largest absolute Gasteiger partial charge is 0.466 e. The number of ether oxygens (including phenoxy) is 3. The molecule has 2 rings (SSSR count). The third kappa shape index (κ3) is 5.45. The number of hydrogen-bond acceptors (Lipinski definition) is 6. The zero-order chi connectivity index (χ0) is 20.5. The monoisotopic (exact) mass is 387 g/mol. The lowest BCUT2D eigenvalue weighted by Crippen LogP contribution is -2.13. The number of hydrogen-bond donors (Lipinski definition) is 1. The van der Waals surface area contributed by atoms with E-state index in [1.807, 2.05) is 30.3 Å². The summed E-state index contributed by atoms with van der Waals surface area (Å²) in [7, 11) is 0. The molecule has 1 heterocycles. The van der Waals surface area contributed by atoms with Crippen LogP contribution in [0.3, 0.4) is 0 Å². The lowest BCUT2D eigenvalue weighted by molar-refractivity contribution is -0.143. The second-order valence-electron chi connectivity index (χ2n) is 6.07. The maximum Gasteiger partial charge on any atom is 0.355 e. The molecule has 0 unspecified atom stereocenters. The van der Waals surface area contributed by atoms with Crippen LogP contribution in [0.4, 0.5) is 0 Å². The van der Waals surface area contributed by atoms with Crippen molar-refractivity contribution < 1.29 is 28.6 Å². The van der Waals surface area contributed by atoms with Gasteiger partial charge in [0, 0.05) is 12.1 Å². The molecular formula is C21H25NO6. The molecule has 0 saturated heterocycles. The van der Waals surface area contributed by atoms with E-state index < -0.39 is 17.9 Å². The summed E-state index contributed by atoms with van der Waals surface area (Å²) < 4.78 is 15.4. The number of aryl methyl sites for hydroxylation is 1. The fourth-order valence-electron chi connectivity index (χ4n) is 2.84. The molecule has 0 aliphatic rings. The topological polar surface area (TPSA) is 94.7 Å². The first kappa shape index (κ1) is 21.2. The first-order chi connectivity index (χ1) is 13.5.